The maximum Gasteiger partial charge on any atom is 0.323 e. The molecule has 2 heterocycles. The molecule has 0 saturated carbocycles. The highest BCUT2D eigenvalue weighted by molar-refractivity contribution is 7.59. The van der Waals surface area contributed by atoms with Crippen molar-refractivity contribution in [3.05, 3.63) is 12.7 Å². The van der Waals surface area contributed by atoms with Crippen LogP contribution in [0.2, 0.25) is 0 Å². The number of hydrogen-bond donors (Lipinski definition) is 3. The van der Waals surface area contributed by atoms with Crippen LogP contribution in [0.5, 0.6) is 0 Å². The van der Waals surface area contributed by atoms with E-state index in [9.17, 15) is 14.2 Å². The normalized spacial score (nSPS) is 15.9. The Morgan fingerprint density at radius 2 is 1.75 bits per heavy atom. The fourth-order valence-electron chi connectivity index (χ4n) is 3.21. The van der Waals surface area contributed by atoms with Gasteiger partial charge < -0.3 is 24.5 Å². The lowest BCUT2D eigenvalue weighted by atomic mass is 10.3. The average molecular weight is 528 g/mol. The first kappa shape index (κ1) is 29.6. The van der Waals surface area contributed by atoms with Gasteiger partial charge in [-0.1, -0.05) is 13.3 Å². The minimum absolute atomic E-state index is 0.271. The van der Waals surface area contributed by atoms with Gasteiger partial charge in [-0.2, -0.15) is 0 Å². The van der Waals surface area contributed by atoms with Crippen molar-refractivity contribution < 1.29 is 28.4 Å². The van der Waals surface area contributed by atoms with E-state index in [1.54, 1.807) is 38.6 Å². The number of hydrogen-bond acceptors (Lipinski definition) is 10. The second-order valence-electron chi connectivity index (χ2n) is 8.88. The minimum atomic E-state index is -3.62. The highest BCUT2D eigenvalue weighted by Crippen LogP contribution is 2.38. The highest BCUT2D eigenvalue weighted by atomic mass is 31.2. The van der Waals surface area contributed by atoms with Gasteiger partial charge in [-0.25, -0.2) is 25.1 Å². The van der Waals surface area contributed by atoms with E-state index in [0.29, 0.717) is 17.7 Å². The Morgan fingerprint density at radius 1 is 1.08 bits per heavy atom. The van der Waals surface area contributed by atoms with Crippen LogP contribution >= 0.6 is 7.44 Å². The summed E-state index contributed by atoms with van der Waals surface area (Å²) in [7, 11) is -3.62. The maximum atomic E-state index is 13.8. The number of fused-ring (bicyclic) bond motifs is 1. The first-order valence-electron chi connectivity index (χ1n) is 12.0. The summed E-state index contributed by atoms with van der Waals surface area (Å²) in [4.78, 5) is 37.0. The fraction of sp³-hybridized carbons (Fsp3) is 0.682. The van der Waals surface area contributed by atoms with Crippen molar-refractivity contribution in [2.45, 2.75) is 85.2 Å². The van der Waals surface area contributed by atoms with Crippen molar-refractivity contribution >= 4 is 36.4 Å². The zero-order valence-electron chi connectivity index (χ0n) is 21.8. The van der Waals surface area contributed by atoms with Crippen molar-refractivity contribution in [2.75, 3.05) is 18.7 Å². The van der Waals surface area contributed by atoms with Gasteiger partial charge in [-0.05, 0) is 41.0 Å². The Morgan fingerprint density at radius 3 is 2.39 bits per heavy atom. The highest BCUT2D eigenvalue weighted by Gasteiger charge is 2.33. The van der Waals surface area contributed by atoms with Gasteiger partial charge in [0, 0.05) is 0 Å². The van der Waals surface area contributed by atoms with Crippen molar-refractivity contribution in [2.24, 2.45) is 0 Å². The molecule has 2 rings (SSSR count). The summed E-state index contributed by atoms with van der Waals surface area (Å²) >= 11 is 0. The number of esters is 2. The second kappa shape index (κ2) is 13.6. The number of nitrogens with one attached hydrogen (secondary N) is 2. The van der Waals surface area contributed by atoms with E-state index in [-0.39, 0.29) is 24.9 Å². The quantitative estimate of drug-likeness (QED) is 0.175. The van der Waals surface area contributed by atoms with E-state index in [1.165, 1.54) is 13.3 Å². The topological polar surface area (TPSA) is 173 Å². The molecule has 0 spiro atoms. The lowest BCUT2D eigenvalue weighted by Gasteiger charge is -2.27. The van der Waals surface area contributed by atoms with E-state index >= 15 is 0 Å². The van der Waals surface area contributed by atoms with Crippen LogP contribution in [0, 0.1) is 0 Å². The number of nitrogen functional groups attached to an aromatic ring is 1. The molecule has 0 aromatic carbocycles. The number of unbranched alkanes of at least 4 members (excludes halogenated alkanes) is 1. The molecule has 2 aromatic heterocycles. The van der Waals surface area contributed by atoms with Gasteiger partial charge in [0.15, 0.2) is 11.5 Å². The van der Waals surface area contributed by atoms with Crippen LogP contribution in [-0.2, 0) is 34.9 Å². The average Bonchev–Trinajstić information content (AvgIpc) is 3.21. The molecule has 0 amide bonds. The lowest BCUT2D eigenvalue weighted by Crippen LogP contribution is -2.43. The van der Waals surface area contributed by atoms with Crippen LogP contribution in [-0.4, -0.2) is 68.7 Å². The molecule has 0 bridgehead atoms. The number of imidazole rings is 1. The molecule has 0 aliphatic heterocycles. The van der Waals surface area contributed by atoms with Gasteiger partial charge >= 0.3 is 11.9 Å². The van der Waals surface area contributed by atoms with Crippen LogP contribution in [0.4, 0.5) is 5.82 Å². The number of carbonyl (C=O) groups excluding carboxylic acids is 2. The fourth-order valence-corrected chi connectivity index (χ4v) is 5.36. The van der Waals surface area contributed by atoms with Gasteiger partial charge in [0.25, 0.3) is 0 Å². The van der Waals surface area contributed by atoms with Gasteiger partial charge in [-0.3, -0.25) is 14.2 Å². The number of anilines is 1. The van der Waals surface area contributed by atoms with Crippen LogP contribution in [0.25, 0.3) is 11.2 Å². The first-order valence-corrected chi connectivity index (χ1v) is 13.9. The molecule has 4 N–H and O–H groups in total. The Balaban J connectivity index is 2.09. The van der Waals surface area contributed by atoms with E-state index in [4.69, 9.17) is 19.9 Å². The summed E-state index contributed by atoms with van der Waals surface area (Å²) < 4.78 is 31.9. The largest absolute Gasteiger partial charge is 0.465 e. The summed E-state index contributed by atoms with van der Waals surface area (Å²) in [5.41, 5.74) is 6.86. The minimum Gasteiger partial charge on any atom is -0.465 e. The van der Waals surface area contributed by atoms with E-state index in [0.717, 1.165) is 12.8 Å². The molecule has 13 nitrogen and oxygen atoms in total. The van der Waals surface area contributed by atoms with Crippen molar-refractivity contribution in [1.29, 1.82) is 0 Å². The molecule has 202 valence electrons. The third-order valence-electron chi connectivity index (χ3n) is 5.03. The standard InChI is InChI=1S/C22H38N7O6P/c1-7-8-9-33-21(30)16(5)27-36(32,28-17(6)22(31)35-14(2)3)13-34-15(4)10-29-12-26-18-19(23)24-11-25-20(18)29/h11-12,14-17H,7-10,13H2,1-6H3,(H2,23,24,25)(H2,27,28,32)/t15-,16-,17+,36-/m1/s1. The molecule has 36 heavy (non-hydrogen) atoms. The summed E-state index contributed by atoms with van der Waals surface area (Å²) in [5.74, 6) is -0.842. The van der Waals surface area contributed by atoms with Crippen molar-refractivity contribution in [3.8, 4) is 0 Å². The van der Waals surface area contributed by atoms with Crippen LogP contribution in [0.3, 0.4) is 0 Å². The second-order valence-corrected chi connectivity index (χ2v) is 11.1. The monoisotopic (exact) mass is 527 g/mol. The molecule has 0 saturated heterocycles. The first-order chi connectivity index (χ1) is 17.0. The smallest absolute Gasteiger partial charge is 0.323 e. The molecule has 0 radical (unpaired) electrons. The van der Waals surface area contributed by atoms with Gasteiger partial charge in [0.1, 0.15) is 30.3 Å². The van der Waals surface area contributed by atoms with Crippen LogP contribution in [0.15, 0.2) is 12.7 Å². The third-order valence-corrected chi connectivity index (χ3v) is 7.15. The Hall–Kier alpha value is -2.60. The summed E-state index contributed by atoms with van der Waals surface area (Å²) in [6, 6.07) is -1.81. The summed E-state index contributed by atoms with van der Waals surface area (Å²) in [5, 5.41) is 5.58. The maximum absolute atomic E-state index is 13.8. The number of aromatic nitrogens is 4. The van der Waals surface area contributed by atoms with E-state index in [1.807, 2.05) is 6.92 Å². The van der Waals surface area contributed by atoms with Gasteiger partial charge in [0.05, 0.1) is 31.7 Å². The number of carbonyl (C=O) groups is 2. The molecule has 4 atom stereocenters. The number of rotatable bonds is 15. The molecule has 0 aliphatic carbocycles. The number of nitrogens with zero attached hydrogens (tertiary/aromatic N) is 4. The lowest BCUT2D eigenvalue weighted by molar-refractivity contribution is -0.149. The SMILES string of the molecule is CCCCOC(=O)[C@@H](C)N[P@](=O)(CO[C@H](C)Cn1cnc2c(N)ncnc21)N[C@@H](C)C(=O)OC(C)C. The van der Waals surface area contributed by atoms with Crippen LogP contribution in [0.1, 0.15) is 54.4 Å². The van der Waals surface area contributed by atoms with Crippen molar-refractivity contribution in [3.63, 3.8) is 0 Å². The van der Waals surface area contributed by atoms with Gasteiger partial charge in [-0.15, -0.1) is 0 Å². The van der Waals surface area contributed by atoms with Crippen LogP contribution < -0.4 is 15.9 Å². The van der Waals surface area contributed by atoms with Gasteiger partial charge in [0.2, 0.25) is 7.44 Å². The predicted octanol–water partition coefficient (Wildman–Crippen LogP) is 2.22. The van der Waals surface area contributed by atoms with E-state index < -0.39 is 37.6 Å². The molecule has 0 unspecified atom stereocenters. The van der Waals surface area contributed by atoms with Crippen molar-refractivity contribution in [1.82, 2.24) is 29.7 Å². The Bertz CT molecular complexity index is 1060. The predicted molar refractivity (Wildman–Crippen MR) is 135 cm³/mol. The molecule has 0 aliphatic rings. The Labute approximate surface area is 211 Å². The molecule has 2 aromatic rings. The molecular weight excluding hydrogens is 489 g/mol. The number of nitrogens with two attached hydrogens (primary N) is 1. The third kappa shape index (κ3) is 8.81. The zero-order valence-corrected chi connectivity index (χ0v) is 22.7. The zero-order chi connectivity index (χ0) is 26.9. The Kier molecular flexibility index (Phi) is 11.2. The molecule has 14 heteroatoms. The number of ether oxygens (including phenoxy) is 3. The summed E-state index contributed by atoms with van der Waals surface area (Å²) in [6.45, 7) is 10.9. The van der Waals surface area contributed by atoms with E-state index in [2.05, 4.69) is 25.1 Å². The molecule has 0 fully saturated rings. The molecular formula is C22H38N7O6P. The summed E-state index contributed by atoms with van der Waals surface area (Å²) in [6.07, 6.45) is 3.46.